The number of allylic oxidation sites excluding steroid dienone is 1. The molecule has 7 aromatic carbocycles. The number of rotatable bonds is 18. The van der Waals surface area contributed by atoms with Gasteiger partial charge in [-0.2, -0.15) is 0 Å². The number of carboxylic acid groups (broad SMARTS) is 1. The lowest BCUT2D eigenvalue weighted by Gasteiger charge is -2.36. The number of carbonyl (C=O) groups excluding carboxylic acids is 1. The Labute approximate surface area is 403 Å². The normalized spacial score (nSPS) is 14.1. The minimum Gasteiger partial charge on any atom is -0.476 e. The van der Waals surface area contributed by atoms with Crippen LogP contribution in [0.2, 0.25) is 4.34 Å². The fraction of sp³-hybridized carbons (Fsp3) is 0.107. The SMILES string of the molecule is O=C(O)C(=NOCC1CC(=O)C(OC(c2ccccc2)c2ccccc2)=CN1OC(c1ccccc1)c1ccccc1)c1nc(NC(c2ccccc2)(c2ccccc2)c2ccccc2)sc1Cl. The van der Waals surface area contributed by atoms with E-state index in [4.69, 9.17) is 31.0 Å². The molecule has 0 saturated heterocycles. The summed E-state index contributed by atoms with van der Waals surface area (Å²) in [4.78, 5) is 44.7. The summed E-state index contributed by atoms with van der Waals surface area (Å²) in [6.45, 7) is -0.255. The van der Waals surface area contributed by atoms with E-state index in [-0.39, 0.29) is 34.6 Å². The molecular weight excluding hydrogens is 892 g/mol. The standard InChI is InChI=1S/C56H45ClN4O6S/c57-53-49(58-55(68-53)59-56(43-30-16-5-17-31-43,44-32-18-6-19-33-44)45-34-20-7-21-35-45)50(54(63)64)60-65-38-46-36-47(62)48(66-51(39-22-8-1-9-23-39)40-24-10-2-11-25-40)37-61(46)67-52(41-26-12-3-13-27-41)42-28-14-4-15-29-42/h1-35,37,46,51-52H,36,38H2,(H,58,59)(H,63,64). The minimum atomic E-state index is -1.41. The van der Waals surface area contributed by atoms with Gasteiger partial charge in [0.05, 0.1) is 6.20 Å². The average molecular weight is 938 g/mol. The van der Waals surface area contributed by atoms with Crippen LogP contribution in [0.4, 0.5) is 5.13 Å². The first-order chi connectivity index (χ1) is 33.4. The Morgan fingerprint density at radius 1 is 0.676 bits per heavy atom. The Balaban J connectivity index is 1.04. The largest absolute Gasteiger partial charge is 0.476 e. The van der Waals surface area contributed by atoms with Gasteiger partial charge in [0.15, 0.2) is 10.9 Å². The van der Waals surface area contributed by atoms with Crippen LogP contribution in [0.15, 0.2) is 229 Å². The summed E-state index contributed by atoms with van der Waals surface area (Å²) in [5, 5.41) is 20.3. The van der Waals surface area contributed by atoms with Gasteiger partial charge in [0.2, 0.25) is 11.5 Å². The highest BCUT2D eigenvalue weighted by Crippen LogP contribution is 2.42. The van der Waals surface area contributed by atoms with Crippen molar-refractivity contribution < 1.29 is 29.1 Å². The molecule has 0 aliphatic carbocycles. The number of halogens is 1. The van der Waals surface area contributed by atoms with E-state index in [0.29, 0.717) is 5.13 Å². The summed E-state index contributed by atoms with van der Waals surface area (Å²) in [6, 6.07) is 67.9. The highest BCUT2D eigenvalue weighted by atomic mass is 35.5. The molecule has 0 bridgehead atoms. The van der Waals surface area contributed by atoms with Crippen molar-refractivity contribution in [1.82, 2.24) is 10.0 Å². The van der Waals surface area contributed by atoms with Crippen LogP contribution in [0.5, 0.6) is 0 Å². The maximum absolute atomic E-state index is 14.2. The topological polar surface area (TPSA) is 123 Å². The first-order valence-corrected chi connectivity index (χ1v) is 23.2. The summed E-state index contributed by atoms with van der Waals surface area (Å²) >= 11 is 7.95. The average Bonchev–Trinajstić information content (AvgIpc) is 3.76. The van der Waals surface area contributed by atoms with Crippen LogP contribution in [-0.4, -0.2) is 45.3 Å². The van der Waals surface area contributed by atoms with Gasteiger partial charge < -0.3 is 20.0 Å². The number of ketones is 1. The Hall–Kier alpha value is -7.83. The van der Waals surface area contributed by atoms with Crippen molar-refractivity contribution in [2.45, 2.75) is 30.2 Å². The summed E-state index contributed by atoms with van der Waals surface area (Å²) in [5.41, 5.74) is 4.67. The van der Waals surface area contributed by atoms with Crippen molar-refractivity contribution >= 4 is 45.5 Å². The molecule has 9 rings (SSSR count). The number of hydrogen-bond acceptors (Lipinski definition) is 10. The summed E-state index contributed by atoms with van der Waals surface area (Å²) in [7, 11) is 0. The zero-order valence-corrected chi connectivity index (χ0v) is 38.1. The molecule has 2 heterocycles. The third-order valence-electron chi connectivity index (χ3n) is 11.5. The van der Waals surface area contributed by atoms with Crippen LogP contribution < -0.4 is 5.32 Å². The van der Waals surface area contributed by atoms with Crippen LogP contribution in [0.3, 0.4) is 0 Å². The number of nitrogens with zero attached hydrogens (tertiary/aromatic N) is 3. The number of benzene rings is 7. The molecule has 2 N–H and O–H groups in total. The van der Waals surface area contributed by atoms with Gasteiger partial charge in [-0.25, -0.2) is 14.8 Å². The van der Waals surface area contributed by atoms with Crippen LogP contribution in [0.25, 0.3) is 0 Å². The van der Waals surface area contributed by atoms with Crippen molar-refractivity contribution in [2.24, 2.45) is 5.16 Å². The Bertz CT molecular complexity index is 2810. The molecule has 68 heavy (non-hydrogen) atoms. The molecule has 1 atom stereocenters. The molecule has 1 unspecified atom stereocenters. The van der Waals surface area contributed by atoms with Gasteiger partial charge in [-0.15, -0.1) is 0 Å². The molecule has 0 spiro atoms. The quantitative estimate of drug-likeness (QED) is 0.0492. The first kappa shape index (κ1) is 45.3. The predicted molar refractivity (Wildman–Crippen MR) is 265 cm³/mol. The number of thiazole rings is 1. The van der Waals surface area contributed by atoms with Gasteiger partial charge in [-0.05, 0) is 38.9 Å². The second kappa shape index (κ2) is 21.2. The third-order valence-corrected chi connectivity index (χ3v) is 12.7. The number of carbonyl (C=O) groups is 2. The van der Waals surface area contributed by atoms with E-state index in [2.05, 4.69) is 10.5 Å². The van der Waals surface area contributed by atoms with Gasteiger partial charge in [0, 0.05) is 6.42 Å². The number of hydrogen-bond donors (Lipinski definition) is 2. The van der Waals surface area contributed by atoms with E-state index in [1.807, 2.05) is 212 Å². The Morgan fingerprint density at radius 2 is 1.09 bits per heavy atom. The summed E-state index contributed by atoms with van der Waals surface area (Å²) in [6.07, 6.45) is 0.219. The fourth-order valence-electron chi connectivity index (χ4n) is 8.26. The molecule has 0 saturated carbocycles. The lowest BCUT2D eigenvalue weighted by molar-refractivity contribution is -0.197. The molecule has 1 aliphatic rings. The van der Waals surface area contributed by atoms with Crippen LogP contribution in [0.1, 0.15) is 63.3 Å². The monoisotopic (exact) mass is 936 g/mol. The highest BCUT2D eigenvalue weighted by Gasteiger charge is 2.39. The predicted octanol–water partition coefficient (Wildman–Crippen LogP) is 12.0. The van der Waals surface area contributed by atoms with E-state index < -0.39 is 35.5 Å². The molecular formula is C56H45ClN4O6S. The molecule has 0 fully saturated rings. The zero-order chi connectivity index (χ0) is 46.7. The maximum Gasteiger partial charge on any atom is 0.360 e. The van der Waals surface area contributed by atoms with Crippen LogP contribution in [0, 0.1) is 0 Å². The maximum atomic E-state index is 14.2. The van der Waals surface area contributed by atoms with E-state index >= 15 is 0 Å². The van der Waals surface area contributed by atoms with Crippen molar-refractivity contribution in [3.8, 4) is 0 Å². The minimum absolute atomic E-state index is 0.0837. The van der Waals surface area contributed by atoms with Crippen LogP contribution >= 0.6 is 22.9 Å². The molecule has 10 nitrogen and oxygen atoms in total. The summed E-state index contributed by atoms with van der Waals surface area (Å²) < 4.78 is 6.72. The molecule has 12 heteroatoms. The smallest absolute Gasteiger partial charge is 0.360 e. The van der Waals surface area contributed by atoms with Crippen molar-refractivity contribution in [2.75, 3.05) is 11.9 Å². The van der Waals surface area contributed by atoms with Crippen molar-refractivity contribution in [1.29, 1.82) is 0 Å². The van der Waals surface area contributed by atoms with Gasteiger partial charge in [0.25, 0.3) is 0 Å². The van der Waals surface area contributed by atoms with Gasteiger partial charge >= 0.3 is 5.97 Å². The number of carboxylic acids is 1. The molecule has 1 aromatic heterocycles. The Morgan fingerprint density at radius 3 is 1.51 bits per heavy atom. The number of ether oxygens (including phenoxy) is 1. The molecule has 338 valence electrons. The second-order valence-corrected chi connectivity index (χ2v) is 17.5. The van der Waals surface area contributed by atoms with Gasteiger partial charge in [-0.3, -0.25) is 9.63 Å². The molecule has 0 amide bonds. The molecule has 1 aliphatic heterocycles. The van der Waals surface area contributed by atoms with E-state index in [1.165, 1.54) is 0 Å². The lowest BCUT2D eigenvalue weighted by Crippen LogP contribution is -2.42. The van der Waals surface area contributed by atoms with Crippen LogP contribution in [-0.2, 0) is 29.5 Å². The number of aliphatic carboxylic acids is 1. The van der Waals surface area contributed by atoms with Gasteiger partial charge in [-0.1, -0.05) is 240 Å². The van der Waals surface area contributed by atoms with E-state index in [1.54, 1.807) is 11.3 Å². The van der Waals surface area contributed by atoms with E-state index in [9.17, 15) is 14.7 Å². The second-order valence-electron chi connectivity index (χ2n) is 15.9. The number of oxime groups is 1. The first-order valence-electron chi connectivity index (χ1n) is 22.0. The lowest BCUT2D eigenvalue weighted by atomic mass is 9.77. The zero-order valence-electron chi connectivity index (χ0n) is 36.5. The number of hydroxylamine groups is 2. The van der Waals surface area contributed by atoms with Crippen molar-refractivity contribution in [3.63, 3.8) is 0 Å². The number of Topliss-reactive ketones (excluding diaryl/α,β-unsaturated/α-hetero) is 1. The highest BCUT2D eigenvalue weighted by molar-refractivity contribution is 7.20. The molecule has 8 aromatic rings. The third kappa shape index (κ3) is 10.1. The summed E-state index contributed by atoms with van der Waals surface area (Å²) in [5.74, 6) is -1.63. The van der Waals surface area contributed by atoms with E-state index in [0.717, 1.165) is 50.3 Å². The number of aromatic nitrogens is 1. The number of nitrogens with one attached hydrogen (secondary N) is 1. The van der Waals surface area contributed by atoms with Gasteiger partial charge in [0.1, 0.15) is 40.4 Å². The Kier molecular flexibility index (Phi) is 14.1. The number of anilines is 1. The van der Waals surface area contributed by atoms with Crippen molar-refractivity contribution in [3.05, 3.63) is 273 Å². The fourth-order valence-corrected chi connectivity index (χ4v) is 9.36. The molecule has 0 radical (unpaired) electrons.